The van der Waals surface area contributed by atoms with Crippen molar-refractivity contribution in [2.75, 3.05) is 44.9 Å². The second kappa shape index (κ2) is 13.6. The van der Waals surface area contributed by atoms with Gasteiger partial charge in [0.25, 0.3) is 5.56 Å². The largest absolute Gasteiger partial charge is 0.489 e. The predicted octanol–water partition coefficient (Wildman–Crippen LogP) is 5.09. The minimum Gasteiger partial charge on any atom is -0.489 e. The number of allylic oxidation sites excluding steroid dienone is 1. The Bertz CT molecular complexity index is 1690. The standard InChI is InChI=1S/C33H39N5O4S/c1-22(2)23(3)29-18-25-19-34-33(35-26-10-12-27(13-11-26)42-28-14-15-37(4)21-28)36-31(25)38(32(29)39)20-24-8-6-7-9-30(24)43(40)17-16-41-5/h6-13,18-19,22,28H,3,14-17,20-21H2,1-2,4-5H3,(H,34,35,36). The van der Waals surface area contributed by atoms with Crippen molar-refractivity contribution in [1.82, 2.24) is 19.4 Å². The number of rotatable bonds is 12. The number of benzene rings is 2. The zero-order chi connectivity index (χ0) is 30.5. The van der Waals surface area contributed by atoms with Crippen LogP contribution in [0, 0.1) is 5.92 Å². The van der Waals surface area contributed by atoms with Crippen LogP contribution in [0.4, 0.5) is 11.6 Å². The van der Waals surface area contributed by atoms with Crippen LogP contribution in [0.15, 0.2) is 77.1 Å². The van der Waals surface area contributed by atoms with Gasteiger partial charge >= 0.3 is 0 Å². The summed E-state index contributed by atoms with van der Waals surface area (Å²) in [6.45, 7) is 10.8. The number of methoxy groups -OCH3 is 1. The number of pyridine rings is 1. The summed E-state index contributed by atoms with van der Waals surface area (Å²) in [5, 5.41) is 3.97. The molecule has 0 radical (unpaired) electrons. The summed E-state index contributed by atoms with van der Waals surface area (Å²) in [6.07, 6.45) is 2.93. The lowest BCUT2D eigenvalue weighted by atomic mass is 9.97. The number of hydrogen-bond donors (Lipinski definition) is 1. The summed E-state index contributed by atoms with van der Waals surface area (Å²) < 4.78 is 26.0. The normalized spacial score (nSPS) is 16.1. The number of ether oxygens (including phenoxy) is 2. The van der Waals surface area contributed by atoms with Crippen molar-refractivity contribution in [1.29, 1.82) is 0 Å². The third kappa shape index (κ3) is 7.21. The Morgan fingerprint density at radius 2 is 1.95 bits per heavy atom. The maximum absolute atomic E-state index is 14.0. The first-order valence-electron chi connectivity index (χ1n) is 14.5. The van der Waals surface area contributed by atoms with Gasteiger partial charge in [0.1, 0.15) is 17.5 Å². The molecule has 0 bridgehead atoms. The summed E-state index contributed by atoms with van der Waals surface area (Å²) in [5.41, 5.74) is 3.12. The average Bonchev–Trinajstić information content (AvgIpc) is 3.42. The van der Waals surface area contributed by atoms with E-state index in [4.69, 9.17) is 14.5 Å². The van der Waals surface area contributed by atoms with E-state index in [9.17, 15) is 9.00 Å². The number of fused-ring (bicyclic) bond motifs is 1. The van der Waals surface area contributed by atoms with Crippen LogP contribution in [0.5, 0.6) is 5.75 Å². The van der Waals surface area contributed by atoms with Crippen molar-refractivity contribution in [3.63, 3.8) is 0 Å². The molecule has 0 saturated carbocycles. The van der Waals surface area contributed by atoms with Gasteiger partial charge in [0.2, 0.25) is 5.95 Å². The van der Waals surface area contributed by atoms with Gasteiger partial charge in [-0.15, -0.1) is 0 Å². The molecule has 43 heavy (non-hydrogen) atoms. The van der Waals surface area contributed by atoms with E-state index in [2.05, 4.69) is 28.8 Å². The minimum atomic E-state index is -1.28. The molecule has 2 aromatic heterocycles. The highest BCUT2D eigenvalue weighted by atomic mass is 32.2. The Labute approximate surface area is 255 Å². The van der Waals surface area contributed by atoms with E-state index >= 15 is 0 Å². The zero-order valence-corrected chi connectivity index (χ0v) is 26.0. The van der Waals surface area contributed by atoms with Gasteiger partial charge < -0.3 is 19.7 Å². The molecule has 3 heterocycles. The van der Waals surface area contributed by atoms with Crippen LogP contribution in [0.2, 0.25) is 0 Å². The Morgan fingerprint density at radius 3 is 2.65 bits per heavy atom. The monoisotopic (exact) mass is 601 g/mol. The lowest BCUT2D eigenvalue weighted by molar-refractivity contribution is 0.208. The van der Waals surface area contributed by atoms with Crippen molar-refractivity contribution in [2.45, 2.75) is 37.8 Å². The van der Waals surface area contributed by atoms with E-state index in [1.54, 1.807) is 17.9 Å². The summed E-state index contributed by atoms with van der Waals surface area (Å²) in [5.74, 6) is 1.62. The van der Waals surface area contributed by atoms with Crippen LogP contribution in [-0.2, 0) is 22.1 Å². The molecular formula is C33H39N5O4S. The van der Waals surface area contributed by atoms with Crippen LogP contribution in [-0.4, -0.2) is 69.4 Å². The topological polar surface area (TPSA) is 98.6 Å². The zero-order valence-electron chi connectivity index (χ0n) is 25.2. The molecule has 9 nitrogen and oxygen atoms in total. The third-order valence-electron chi connectivity index (χ3n) is 7.65. The number of anilines is 2. The highest BCUT2D eigenvalue weighted by Gasteiger charge is 2.21. The molecule has 0 amide bonds. The predicted molar refractivity (Wildman–Crippen MR) is 173 cm³/mol. The van der Waals surface area contributed by atoms with E-state index in [0.29, 0.717) is 39.8 Å². The summed E-state index contributed by atoms with van der Waals surface area (Å²) in [4.78, 5) is 26.2. The van der Waals surface area contributed by atoms with Crippen LogP contribution >= 0.6 is 0 Å². The summed E-state index contributed by atoms with van der Waals surface area (Å²) in [7, 11) is 2.41. The molecule has 1 saturated heterocycles. The van der Waals surface area contributed by atoms with Crippen molar-refractivity contribution in [3.05, 3.63) is 88.9 Å². The number of aromatic nitrogens is 3. The molecule has 1 aliphatic rings. The molecule has 1 aliphatic heterocycles. The molecule has 10 heteroatoms. The average molecular weight is 602 g/mol. The smallest absolute Gasteiger partial charge is 0.260 e. The molecule has 4 aromatic rings. The van der Waals surface area contributed by atoms with Gasteiger partial charge in [-0.25, -0.2) is 4.98 Å². The van der Waals surface area contributed by atoms with Crippen LogP contribution in [0.3, 0.4) is 0 Å². The van der Waals surface area contributed by atoms with Crippen molar-refractivity contribution in [3.8, 4) is 5.75 Å². The lowest BCUT2D eigenvalue weighted by Gasteiger charge is -2.17. The van der Waals surface area contributed by atoms with Crippen molar-refractivity contribution in [2.24, 2.45) is 5.92 Å². The lowest BCUT2D eigenvalue weighted by Crippen LogP contribution is -2.26. The molecule has 2 atom stereocenters. The van der Waals surface area contributed by atoms with Gasteiger partial charge in [-0.1, -0.05) is 38.6 Å². The summed E-state index contributed by atoms with van der Waals surface area (Å²) >= 11 is 0. The maximum atomic E-state index is 14.0. The number of hydrogen-bond acceptors (Lipinski definition) is 8. The van der Waals surface area contributed by atoms with Gasteiger partial charge in [0.15, 0.2) is 0 Å². The second-order valence-corrected chi connectivity index (χ2v) is 12.7. The molecule has 1 N–H and O–H groups in total. The second-order valence-electron chi connectivity index (χ2n) is 11.2. The van der Waals surface area contributed by atoms with Crippen molar-refractivity contribution >= 4 is 39.0 Å². The van der Waals surface area contributed by atoms with Gasteiger partial charge in [0, 0.05) is 47.9 Å². The van der Waals surface area contributed by atoms with Crippen LogP contribution in [0.25, 0.3) is 16.6 Å². The molecule has 2 aromatic carbocycles. The van der Waals surface area contributed by atoms with E-state index in [1.165, 1.54) is 0 Å². The first kappa shape index (κ1) is 30.6. The SMILES string of the molecule is C=C(c1cc2cnc(Nc3ccc(OC4CCN(C)C4)cc3)nc2n(Cc2ccccc2S(=O)CCOC)c1=O)C(C)C. The third-order valence-corrected chi connectivity index (χ3v) is 9.08. The fraction of sp³-hybridized carbons (Fsp3) is 0.364. The highest BCUT2D eigenvalue weighted by molar-refractivity contribution is 7.85. The van der Waals surface area contributed by atoms with Crippen molar-refractivity contribution < 1.29 is 13.7 Å². The Balaban J connectivity index is 1.49. The Hall–Kier alpha value is -3.86. The minimum absolute atomic E-state index is 0.0795. The first-order valence-corrected chi connectivity index (χ1v) is 15.8. The van der Waals surface area contributed by atoms with Gasteiger partial charge in [-0.3, -0.25) is 13.6 Å². The Morgan fingerprint density at radius 1 is 1.19 bits per heavy atom. The van der Waals surface area contributed by atoms with Gasteiger partial charge in [-0.2, -0.15) is 4.98 Å². The van der Waals surface area contributed by atoms with Gasteiger partial charge in [0.05, 0.1) is 29.7 Å². The molecule has 0 aliphatic carbocycles. The maximum Gasteiger partial charge on any atom is 0.260 e. The van der Waals surface area contributed by atoms with E-state index < -0.39 is 10.8 Å². The van der Waals surface area contributed by atoms with Crippen LogP contribution < -0.4 is 15.6 Å². The fourth-order valence-electron chi connectivity index (χ4n) is 5.13. The number of likely N-dealkylation sites (tertiary alicyclic amines) is 1. The quantitative estimate of drug-likeness (QED) is 0.240. The molecule has 2 unspecified atom stereocenters. The molecule has 1 fully saturated rings. The molecule has 0 spiro atoms. The molecular weight excluding hydrogens is 562 g/mol. The van der Waals surface area contributed by atoms with Crippen LogP contribution in [0.1, 0.15) is 31.4 Å². The number of nitrogens with one attached hydrogen (secondary N) is 1. The van der Waals surface area contributed by atoms with E-state index in [0.717, 1.165) is 42.1 Å². The molecule has 5 rings (SSSR count). The first-order chi connectivity index (χ1) is 20.7. The van der Waals surface area contributed by atoms with E-state index in [1.807, 2.05) is 68.4 Å². The fourth-order valence-corrected chi connectivity index (χ4v) is 6.33. The van der Waals surface area contributed by atoms with Gasteiger partial charge in [-0.05, 0) is 66.9 Å². The van der Waals surface area contributed by atoms with E-state index in [-0.39, 0.29) is 24.1 Å². The highest BCUT2D eigenvalue weighted by Crippen LogP contribution is 2.25. The Kier molecular flexibility index (Phi) is 9.69. The number of nitrogens with zero attached hydrogens (tertiary/aromatic N) is 4. The molecule has 226 valence electrons. The summed E-state index contributed by atoms with van der Waals surface area (Å²) in [6, 6.07) is 17.0. The number of likely N-dealkylation sites (N-methyl/N-ethyl adjacent to an activating group) is 1.